The van der Waals surface area contributed by atoms with Crippen molar-refractivity contribution in [3.8, 4) is 0 Å². The fourth-order valence-corrected chi connectivity index (χ4v) is 2.54. The van der Waals surface area contributed by atoms with Crippen LogP contribution in [-0.2, 0) is 11.3 Å². The molecular weight excluding hydrogens is 318 g/mol. The quantitative estimate of drug-likeness (QED) is 0.682. The number of nitrogens with two attached hydrogens (primary N) is 1. The van der Waals surface area contributed by atoms with Gasteiger partial charge in [0.15, 0.2) is 0 Å². The van der Waals surface area contributed by atoms with Gasteiger partial charge in [0.1, 0.15) is 6.61 Å². The van der Waals surface area contributed by atoms with Crippen LogP contribution in [0.4, 0.5) is 5.69 Å². The van der Waals surface area contributed by atoms with Crippen LogP contribution in [0.2, 0.25) is 0 Å². The van der Waals surface area contributed by atoms with Crippen molar-refractivity contribution in [3.05, 3.63) is 63.1 Å². The van der Waals surface area contributed by atoms with Crippen molar-refractivity contribution in [1.82, 2.24) is 0 Å². The third-order valence-electron chi connectivity index (χ3n) is 3.15. The third-order valence-corrected chi connectivity index (χ3v) is 3.61. The van der Waals surface area contributed by atoms with Crippen LogP contribution in [0.25, 0.3) is 0 Å². The van der Waals surface area contributed by atoms with Gasteiger partial charge < -0.3 is 10.5 Å². The van der Waals surface area contributed by atoms with Crippen LogP contribution in [0.1, 0.15) is 27.0 Å². The van der Waals surface area contributed by atoms with E-state index in [0.717, 1.165) is 21.2 Å². The Bertz CT molecular complexity index is 612. The zero-order valence-corrected chi connectivity index (χ0v) is 13.0. The van der Waals surface area contributed by atoms with Crippen LogP contribution >= 0.6 is 15.9 Å². The number of carbonyl (C=O) groups excluding carboxylic acids is 1. The lowest BCUT2D eigenvalue weighted by Crippen LogP contribution is -2.07. The van der Waals surface area contributed by atoms with E-state index < -0.39 is 0 Å². The summed E-state index contributed by atoms with van der Waals surface area (Å²) in [5.41, 5.74) is 9.97. The summed E-state index contributed by atoms with van der Waals surface area (Å²) in [6.45, 7) is 4.28. The molecule has 0 bridgehead atoms. The van der Waals surface area contributed by atoms with E-state index in [0.29, 0.717) is 11.3 Å². The predicted octanol–water partition coefficient (Wildman–Crippen LogP) is 4.01. The van der Waals surface area contributed by atoms with Gasteiger partial charge in [-0.3, -0.25) is 0 Å². The summed E-state index contributed by atoms with van der Waals surface area (Å²) in [6, 6.07) is 11.1. The first-order valence-corrected chi connectivity index (χ1v) is 7.05. The molecule has 104 valence electrons. The van der Waals surface area contributed by atoms with Crippen LogP contribution in [0.5, 0.6) is 0 Å². The van der Waals surface area contributed by atoms with Crippen LogP contribution in [-0.4, -0.2) is 5.97 Å². The Kier molecular flexibility index (Phi) is 4.45. The molecule has 0 fully saturated rings. The predicted molar refractivity (Wildman–Crippen MR) is 83.6 cm³/mol. The summed E-state index contributed by atoms with van der Waals surface area (Å²) in [7, 11) is 0. The number of ether oxygens (including phenoxy) is 1. The molecule has 0 spiro atoms. The number of hydrogen-bond acceptors (Lipinski definition) is 3. The summed E-state index contributed by atoms with van der Waals surface area (Å²) >= 11 is 3.31. The number of carbonyl (C=O) groups is 1. The maximum atomic E-state index is 12.0. The monoisotopic (exact) mass is 333 g/mol. The first-order chi connectivity index (χ1) is 9.47. The maximum absolute atomic E-state index is 12.0. The van der Waals surface area contributed by atoms with Gasteiger partial charge in [0, 0.05) is 10.2 Å². The second-order valence-electron chi connectivity index (χ2n) is 4.72. The van der Waals surface area contributed by atoms with E-state index in [4.69, 9.17) is 10.5 Å². The minimum atomic E-state index is -0.374. The Morgan fingerprint density at radius 1 is 1.20 bits per heavy atom. The molecule has 3 nitrogen and oxygen atoms in total. The summed E-state index contributed by atoms with van der Waals surface area (Å²) in [6.07, 6.45) is 0. The molecule has 2 rings (SSSR count). The van der Waals surface area contributed by atoms with Crippen molar-refractivity contribution < 1.29 is 9.53 Å². The highest BCUT2D eigenvalue weighted by molar-refractivity contribution is 9.10. The van der Waals surface area contributed by atoms with E-state index in [2.05, 4.69) is 15.9 Å². The molecule has 0 amide bonds. The van der Waals surface area contributed by atoms with E-state index in [1.165, 1.54) is 0 Å². The number of hydrogen-bond donors (Lipinski definition) is 1. The first kappa shape index (κ1) is 14.6. The number of nitrogen functional groups attached to an aromatic ring is 1. The fraction of sp³-hybridized carbons (Fsp3) is 0.188. The molecule has 2 N–H and O–H groups in total. The van der Waals surface area contributed by atoms with Gasteiger partial charge in [-0.1, -0.05) is 34.1 Å². The Morgan fingerprint density at radius 2 is 1.85 bits per heavy atom. The lowest BCUT2D eigenvalue weighted by molar-refractivity contribution is 0.0471. The van der Waals surface area contributed by atoms with Gasteiger partial charge in [-0.15, -0.1) is 0 Å². The lowest BCUT2D eigenvalue weighted by atomic mass is 10.0. The van der Waals surface area contributed by atoms with Crippen molar-refractivity contribution >= 4 is 27.6 Å². The molecule has 0 aliphatic rings. The Morgan fingerprint density at radius 3 is 2.45 bits per heavy atom. The van der Waals surface area contributed by atoms with E-state index in [1.807, 2.05) is 32.0 Å². The molecule has 4 heteroatoms. The average Bonchev–Trinajstić information content (AvgIpc) is 2.36. The van der Waals surface area contributed by atoms with Gasteiger partial charge in [0.25, 0.3) is 0 Å². The zero-order chi connectivity index (χ0) is 14.7. The molecule has 0 aliphatic heterocycles. The summed E-state index contributed by atoms with van der Waals surface area (Å²) in [5.74, 6) is -0.374. The SMILES string of the molecule is Cc1cccc(C)c1COC(=O)c1cc(N)cc(Br)c1. The number of benzene rings is 2. The summed E-state index contributed by atoms with van der Waals surface area (Å²) in [4.78, 5) is 12.0. The molecule has 2 aromatic rings. The number of aryl methyl sites for hydroxylation is 2. The molecule has 2 aromatic carbocycles. The van der Waals surface area contributed by atoms with E-state index in [1.54, 1.807) is 18.2 Å². The van der Waals surface area contributed by atoms with Crippen molar-refractivity contribution in [1.29, 1.82) is 0 Å². The number of halogens is 1. The van der Waals surface area contributed by atoms with Gasteiger partial charge >= 0.3 is 5.97 Å². The average molecular weight is 334 g/mol. The van der Waals surface area contributed by atoms with Crippen LogP contribution < -0.4 is 5.73 Å². The topological polar surface area (TPSA) is 52.3 Å². The highest BCUT2D eigenvalue weighted by Gasteiger charge is 2.11. The molecule has 0 aromatic heterocycles. The fourth-order valence-electron chi connectivity index (χ4n) is 2.03. The number of esters is 1. The van der Waals surface area contributed by atoms with Crippen molar-refractivity contribution in [2.24, 2.45) is 0 Å². The summed E-state index contributed by atoms with van der Waals surface area (Å²) < 4.78 is 6.13. The van der Waals surface area contributed by atoms with Gasteiger partial charge in [0.2, 0.25) is 0 Å². The smallest absolute Gasteiger partial charge is 0.338 e. The van der Waals surface area contributed by atoms with Gasteiger partial charge in [0.05, 0.1) is 5.56 Å². The van der Waals surface area contributed by atoms with Crippen LogP contribution in [0, 0.1) is 13.8 Å². The van der Waals surface area contributed by atoms with Crippen molar-refractivity contribution in [2.75, 3.05) is 5.73 Å². The van der Waals surface area contributed by atoms with Crippen molar-refractivity contribution in [2.45, 2.75) is 20.5 Å². The molecule has 0 atom stereocenters. The Balaban J connectivity index is 2.13. The normalized spacial score (nSPS) is 10.3. The first-order valence-electron chi connectivity index (χ1n) is 6.25. The Labute approximate surface area is 126 Å². The second kappa shape index (κ2) is 6.09. The second-order valence-corrected chi connectivity index (χ2v) is 5.64. The zero-order valence-electron chi connectivity index (χ0n) is 11.4. The standard InChI is InChI=1S/C16H16BrNO2/c1-10-4-3-5-11(2)15(10)9-20-16(19)12-6-13(17)8-14(18)7-12/h3-8H,9,18H2,1-2H3. The molecule has 0 heterocycles. The maximum Gasteiger partial charge on any atom is 0.338 e. The third kappa shape index (κ3) is 3.39. The molecule has 0 radical (unpaired) electrons. The largest absolute Gasteiger partial charge is 0.457 e. The lowest BCUT2D eigenvalue weighted by Gasteiger charge is -2.11. The van der Waals surface area contributed by atoms with E-state index in [9.17, 15) is 4.79 Å². The van der Waals surface area contributed by atoms with Gasteiger partial charge in [-0.25, -0.2) is 4.79 Å². The number of anilines is 1. The number of rotatable bonds is 3. The molecule has 0 saturated heterocycles. The molecule has 0 aliphatic carbocycles. The van der Waals surface area contributed by atoms with Crippen molar-refractivity contribution in [3.63, 3.8) is 0 Å². The van der Waals surface area contributed by atoms with Crippen LogP contribution in [0.3, 0.4) is 0 Å². The van der Waals surface area contributed by atoms with E-state index >= 15 is 0 Å². The highest BCUT2D eigenvalue weighted by Crippen LogP contribution is 2.19. The summed E-state index contributed by atoms with van der Waals surface area (Å²) in [5, 5.41) is 0. The molecule has 0 saturated carbocycles. The molecular formula is C16H16BrNO2. The molecule has 20 heavy (non-hydrogen) atoms. The van der Waals surface area contributed by atoms with E-state index in [-0.39, 0.29) is 12.6 Å². The van der Waals surface area contributed by atoms with Gasteiger partial charge in [-0.05, 0) is 48.7 Å². The van der Waals surface area contributed by atoms with Crippen LogP contribution in [0.15, 0.2) is 40.9 Å². The highest BCUT2D eigenvalue weighted by atomic mass is 79.9. The Hall–Kier alpha value is -1.81. The minimum Gasteiger partial charge on any atom is -0.457 e. The minimum absolute atomic E-state index is 0.268. The van der Waals surface area contributed by atoms with Gasteiger partial charge in [-0.2, -0.15) is 0 Å². The molecule has 0 unspecified atom stereocenters.